The Morgan fingerprint density at radius 1 is 1.13 bits per heavy atom. The molecule has 0 fully saturated rings. The van der Waals surface area contributed by atoms with E-state index in [0.29, 0.717) is 11.0 Å². The summed E-state index contributed by atoms with van der Waals surface area (Å²) in [6.45, 7) is 8.09. The molecule has 30 heavy (non-hydrogen) atoms. The van der Waals surface area contributed by atoms with E-state index in [9.17, 15) is 5.26 Å². The van der Waals surface area contributed by atoms with Gasteiger partial charge >= 0.3 is 0 Å². The molecule has 0 saturated carbocycles. The van der Waals surface area contributed by atoms with Crippen LogP contribution < -0.4 is 10.6 Å². The molecule has 1 aromatic carbocycles. The molecule has 3 rings (SSSR count). The van der Waals surface area contributed by atoms with Crippen LogP contribution in [0.3, 0.4) is 0 Å². The molecule has 4 heteroatoms. The summed E-state index contributed by atoms with van der Waals surface area (Å²) in [4.78, 5) is 8.28. The summed E-state index contributed by atoms with van der Waals surface area (Å²) in [5.41, 5.74) is 5.93. The fraction of sp³-hybridized carbons (Fsp3) is 0.115. The van der Waals surface area contributed by atoms with E-state index >= 15 is 0 Å². The van der Waals surface area contributed by atoms with Crippen molar-refractivity contribution in [1.29, 1.82) is 5.26 Å². The molecule has 0 aliphatic carbocycles. The molecule has 0 atom stereocenters. The molecule has 0 saturated heterocycles. The van der Waals surface area contributed by atoms with Crippen molar-refractivity contribution >= 4 is 23.9 Å². The van der Waals surface area contributed by atoms with E-state index in [1.165, 1.54) is 0 Å². The molecule has 0 unspecified atom stereocenters. The summed E-state index contributed by atoms with van der Waals surface area (Å²) in [6, 6.07) is 14.0. The van der Waals surface area contributed by atoms with Crippen molar-refractivity contribution in [2.75, 3.05) is 7.05 Å². The molecular formula is C26H23N3O. The SMILES string of the molecule is C=c1cc(-c2ccc(/C(C=NC)=C/C)cc2)o/c1=C(/C=C\C)c1cncc(C#N)c1. The lowest BCUT2D eigenvalue weighted by molar-refractivity contribution is 0.543. The van der Waals surface area contributed by atoms with Gasteiger partial charge in [-0.05, 0) is 37.1 Å². The second-order valence-corrected chi connectivity index (χ2v) is 6.66. The molecule has 2 heterocycles. The van der Waals surface area contributed by atoms with Gasteiger partial charge < -0.3 is 4.42 Å². The molecular weight excluding hydrogens is 370 g/mol. The standard InChI is InChI=1S/C26H23N3O/c1-5-7-24(23-13-19(14-27)15-29-17-23)26-18(3)12-25(30-26)22-10-8-21(9-11-22)20(6-2)16-28-4/h5-13,15-17H,3H2,1-2,4H3/b7-5-,20-6+,26-24-,28-16?. The fourth-order valence-corrected chi connectivity index (χ4v) is 3.20. The first-order valence-corrected chi connectivity index (χ1v) is 9.61. The van der Waals surface area contributed by atoms with Crippen LogP contribution in [-0.2, 0) is 0 Å². The number of nitriles is 1. The van der Waals surface area contributed by atoms with Crippen LogP contribution in [0.25, 0.3) is 29.0 Å². The summed E-state index contributed by atoms with van der Waals surface area (Å²) >= 11 is 0. The minimum Gasteiger partial charge on any atom is -0.455 e. The Hall–Kier alpha value is -3.97. The van der Waals surface area contributed by atoms with Crippen molar-refractivity contribution in [3.63, 3.8) is 0 Å². The van der Waals surface area contributed by atoms with E-state index < -0.39 is 0 Å². The number of aliphatic imine (C=N–C) groups is 1. The van der Waals surface area contributed by atoms with Crippen LogP contribution in [0.5, 0.6) is 0 Å². The van der Waals surface area contributed by atoms with Crippen LogP contribution in [0.15, 0.2) is 76.4 Å². The van der Waals surface area contributed by atoms with Crippen molar-refractivity contribution in [3.8, 4) is 17.4 Å². The number of hydrogen-bond donors (Lipinski definition) is 0. The summed E-state index contributed by atoms with van der Waals surface area (Å²) in [7, 11) is 1.76. The Bertz CT molecular complexity index is 1280. The van der Waals surface area contributed by atoms with Gasteiger partial charge in [0.05, 0.1) is 5.56 Å². The summed E-state index contributed by atoms with van der Waals surface area (Å²) < 4.78 is 6.21. The highest BCUT2D eigenvalue weighted by atomic mass is 16.3. The predicted molar refractivity (Wildman–Crippen MR) is 123 cm³/mol. The zero-order valence-corrected chi connectivity index (χ0v) is 17.4. The first kappa shape index (κ1) is 20.8. The predicted octanol–water partition coefficient (Wildman–Crippen LogP) is 4.50. The average Bonchev–Trinajstić information content (AvgIpc) is 3.17. The number of furan rings is 1. The normalized spacial score (nSPS) is 13.1. The van der Waals surface area contributed by atoms with Crippen LogP contribution >= 0.6 is 0 Å². The summed E-state index contributed by atoms with van der Waals surface area (Å²) in [5.74, 6) is 0.735. The van der Waals surface area contributed by atoms with Crippen LogP contribution in [0.4, 0.5) is 0 Å². The van der Waals surface area contributed by atoms with E-state index in [1.54, 1.807) is 25.5 Å². The van der Waals surface area contributed by atoms with Crippen molar-refractivity contribution in [3.05, 3.63) is 94.3 Å². The summed E-state index contributed by atoms with van der Waals surface area (Å²) in [5, 5.41) is 9.97. The maximum Gasteiger partial charge on any atom is 0.142 e. The Balaban J connectivity index is 2.11. The molecule has 0 spiro atoms. The van der Waals surface area contributed by atoms with Gasteiger partial charge in [0, 0.05) is 47.6 Å². The molecule has 0 N–H and O–H groups in total. The number of benzene rings is 1. The van der Waals surface area contributed by atoms with E-state index in [0.717, 1.165) is 38.8 Å². The Morgan fingerprint density at radius 3 is 2.53 bits per heavy atom. The lowest BCUT2D eigenvalue weighted by atomic mass is 10.0. The van der Waals surface area contributed by atoms with Gasteiger partial charge in [0.25, 0.3) is 0 Å². The molecule has 3 aromatic rings. The van der Waals surface area contributed by atoms with Gasteiger partial charge in [-0.1, -0.05) is 49.1 Å². The molecule has 0 amide bonds. The largest absolute Gasteiger partial charge is 0.455 e. The second-order valence-electron chi connectivity index (χ2n) is 6.66. The highest BCUT2D eigenvalue weighted by molar-refractivity contribution is 6.09. The molecule has 0 radical (unpaired) electrons. The number of pyridine rings is 1. The number of aromatic nitrogens is 1. The number of rotatable bonds is 5. The molecule has 2 aromatic heterocycles. The van der Waals surface area contributed by atoms with Crippen molar-refractivity contribution in [1.82, 2.24) is 4.98 Å². The topological polar surface area (TPSA) is 62.2 Å². The van der Waals surface area contributed by atoms with Crippen LogP contribution in [-0.4, -0.2) is 18.2 Å². The molecule has 0 aliphatic rings. The Morgan fingerprint density at radius 2 is 1.90 bits per heavy atom. The number of allylic oxidation sites excluding steroid dienone is 4. The molecule has 148 valence electrons. The maximum atomic E-state index is 9.20. The lowest BCUT2D eigenvalue weighted by Gasteiger charge is -2.03. The lowest BCUT2D eigenvalue weighted by Crippen LogP contribution is -2.20. The molecule has 0 bridgehead atoms. The van der Waals surface area contributed by atoms with E-state index in [-0.39, 0.29) is 0 Å². The highest BCUT2D eigenvalue weighted by Gasteiger charge is 2.09. The average molecular weight is 393 g/mol. The monoisotopic (exact) mass is 393 g/mol. The van der Waals surface area contributed by atoms with E-state index in [2.05, 4.69) is 22.6 Å². The van der Waals surface area contributed by atoms with Gasteiger partial charge in [-0.3, -0.25) is 9.98 Å². The van der Waals surface area contributed by atoms with Gasteiger partial charge in [-0.25, -0.2) is 0 Å². The first-order chi connectivity index (χ1) is 14.6. The van der Waals surface area contributed by atoms with E-state index in [4.69, 9.17) is 4.42 Å². The van der Waals surface area contributed by atoms with Gasteiger partial charge in [0.15, 0.2) is 0 Å². The minimum atomic E-state index is 0.498. The first-order valence-electron chi connectivity index (χ1n) is 9.61. The van der Waals surface area contributed by atoms with Crippen molar-refractivity contribution in [2.24, 2.45) is 4.99 Å². The zero-order valence-electron chi connectivity index (χ0n) is 17.4. The Kier molecular flexibility index (Phi) is 6.56. The fourth-order valence-electron chi connectivity index (χ4n) is 3.20. The molecule has 4 nitrogen and oxygen atoms in total. The van der Waals surface area contributed by atoms with E-state index in [1.807, 2.05) is 68.6 Å². The Labute approximate surface area is 176 Å². The number of hydrogen-bond acceptors (Lipinski definition) is 4. The third kappa shape index (κ3) is 4.37. The number of nitrogens with zero attached hydrogens (tertiary/aromatic N) is 3. The minimum absolute atomic E-state index is 0.498. The molecule has 0 aliphatic heterocycles. The quantitative estimate of drug-likeness (QED) is 0.600. The van der Waals surface area contributed by atoms with Crippen LogP contribution in [0, 0.1) is 11.3 Å². The van der Waals surface area contributed by atoms with Gasteiger partial charge in [0.1, 0.15) is 17.2 Å². The third-order valence-electron chi connectivity index (χ3n) is 4.65. The zero-order chi connectivity index (χ0) is 21.5. The third-order valence-corrected chi connectivity index (χ3v) is 4.65. The van der Waals surface area contributed by atoms with Crippen molar-refractivity contribution < 1.29 is 4.42 Å². The summed E-state index contributed by atoms with van der Waals surface area (Å²) in [6.07, 6.45) is 11.0. The smallest absolute Gasteiger partial charge is 0.142 e. The highest BCUT2D eigenvalue weighted by Crippen LogP contribution is 2.21. The van der Waals surface area contributed by atoms with Crippen molar-refractivity contribution in [2.45, 2.75) is 13.8 Å². The van der Waals surface area contributed by atoms with Gasteiger partial charge in [-0.15, -0.1) is 0 Å². The van der Waals surface area contributed by atoms with Crippen LogP contribution in [0.1, 0.15) is 30.5 Å². The van der Waals surface area contributed by atoms with Gasteiger partial charge in [0.2, 0.25) is 0 Å². The maximum absolute atomic E-state index is 9.20. The van der Waals surface area contributed by atoms with Crippen LogP contribution in [0.2, 0.25) is 0 Å². The van der Waals surface area contributed by atoms with Gasteiger partial charge in [-0.2, -0.15) is 5.26 Å². The second kappa shape index (κ2) is 9.49.